The molecule has 1 atom stereocenters. The van der Waals surface area contributed by atoms with Crippen molar-refractivity contribution in [2.24, 2.45) is 0 Å². The standard InChI is InChI=1S/C27H30N4O3/c1-3-34-26-14-18(31-22-11-13-29-27-21(22)7-9-25(27)32)4-8-23(26)28-12-10-17-16-30-24-15-19(33-2)5-6-20(17)24/h4-6,8,11,13-16,25,28,30,32H,3,7,9-10,12H2,1-2H3,(H,29,31). The maximum atomic E-state index is 10.1. The third kappa shape index (κ3) is 4.39. The van der Waals surface area contributed by atoms with E-state index in [1.807, 2.05) is 43.3 Å². The SMILES string of the molecule is CCOc1cc(Nc2ccnc3c2CCC3O)ccc1NCCc1c[nH]c2cc(OC)ccc12. The summed E-state index contributed by atoms with van der Waals surface area (Å²) in [6, 6.07) is 14.2. The minimum atomic E-state index is -0.471. The first-order valence-corrected chi connectivity index (χ1v) is 11.7. The summed E-state index contributed by atoms with van der Waals surface area (Å²) in [7, 11) is 1.68. The number of nitrogens with one attached hydrogen (secondary N) is 3. The van der Waals surface area contributed by atoms with Crippen LogP contribution in [0.15, 0.2) is 54.9 Å². The smallest absolute Gasteiger partial charge is 0.144 e. The summed E-state index contributed by atoms with van der Waals surface area (Å²) in [5.41, 5.74) is 7.10. The molecule has 2 aromatic heterocycles. The summed E-state index contributed by atoms with van der Waals surface area (Å²) in [6.45, 7) is 3.35. The van der Waals surface area contributed by atoms with Crippen molar-refractivity contribution in [1.29, 1.82) is 0 Å². The zero-order valence-corrected chi connectivity index (χ0v) is 19.5. The van der Waals surface area contributed by atoms with Gasteiger partial charge in [-0.05, 0) is 67.6 Å². The Labute approximate surface area is 199 Å². The van der Waals surface area contributed by atoms with E-state index >= 15 is 0 Å². The van der Waals surface area contributed by atoms with Gasteiger partial charge in [-0.3, -0.25) is 4.98 Å². The highest BCUT2D eigenvalue weighted by Gasteiger charge is 2.24. The van der Waals surface area contributed by atoms with Crippen molar-refractivity contribution in [3.63, 3.8) is 0 Å². The van der Waals surface area contributed by atoms with Crippen molar-refractivity contribution >= 4 is 28.0 Å². The molecular weight excluding hydrogens is 428 g/mol. The van der Waals surface area contributed by atoms with Crippen LogP contribution in [0.4, 0.5) is 17.1 Å². The zero-order chi connectivity index (χ0) is 23.5. The summed E-state index contributed by atoms with van der Waals surface area (Å²) >= 11 is 0. The van der Waals surface area contributed by atoms with Crippen LogP contribution in [-0.4, -0.2) is 35.3 Å². The van der Waals surface area contributed by atoms with Crippen LogP contribution in [0.5, 0.6) is 11.5 Å². The minimum absolute atomic E-state index is 0.471. The van der Waals surface area contributed by atoms with Crippen molar-refractivity contribution in [3.05, 3.63) is 71.7 Å². The third-order valence-corrected chi connectivity index (χ3v) is 6.32. The Morgan fingerprint density at radius 3 is 2.91 bits per heavy atom. The molecule has 1 unspecified atom stereocenters. The van der Waals surface area contributed by atoms with E-state index in [2.05, 4.69) is 32.9 Å². The van der Waals surface area contributed by atoms with Gasteiger partial charge in [-0.15, -0.1) is 0 Å². The van der Waals surface area contributed by atoms with Crippen LogP contribution in [0.3, 0.4) is 0 Å². The van der Waals surface area contributed by atoms with Crippen LogP contribution >= 0.6 is 0 Å². The Bertz CT molecular complexity index is 1300. The molecule has 176 valence electrons. The number of pyridine rings is 1. The number of aliphatic hydroxyl groups is 1. The molecule has 7 nitrogen and oxygen atoms in total. The van der Waals surface area contributed by atoms with E-state index < -0.39 is 6.10 Å². The number of aromatic nitrogens is 2. The molecule has 0 amide bonds. The number of ether oxygens (including phenoxy) is 2. The molecule has 0 bridgehead atoms. The molecule has 7 heteroatoms. The normalized spacial score (nSPS) is 14.7. The Kier molecular flexibility index (Phi) is 6.27. The van der Waals surface area contributed by atoms with E-state index in [4.69, 9.17) is 9.47 Å². The molecular formula is C27H30N4O3. The largest absolute Gasteiger partial charge is 0.497 e. The van der Waals surface area contributed by atoms with Crippen molar-refractivity contribution < 1.29 is 14.6 Å². The van der Waals surface area contributed by atoms with Crippen LogP contribution in [0.2, 0.25) is 0 Å². The van der Waals surface area contributed by atoms with Gasteiger partial charge in [0.25, 0.3) is 0 Å². The van der Waals surface area contributed by atoms with Crippen LogP contribution in [0, 0.1) is 0 Å². The molecule has 1 aliphatic rings. The molecule has 1 aliphatic carbocycles. The maximum Gasteiger partial charge on any atom is 0.144 e. The molecule has 0 fully saturated rings. The van der Waals surface area contributed by atoms with Gasteiger partial charge in [-0.1, -0.05) is 0 Å². The highest BCUT2D eigenvalue weighted by atomic mass is 16.5. The first kappa shape index (κ1) is 22.1. The number of hydrogen-bond acceptors (Lipinski definition) is 6. The van der Waals surface area contributed by atoms with E-state index in [0.717, 1.165) is 71.1 Å². The lowest BCUT2D eigenvalue weighted by atomic mass is 10.1. The molecule has 0 saturated heterocycles. The van der Waals surface area contributed by atoms with E-state index in [0.29, 0.717) is 6.61 Å². The summed E-state index contributed by atoms with van der Waals surface area (Å²) < 4.78 is 11.2. The Balaban J connectivity index is 1.28. The second-order valence-corrected chi connectivity index (χ2v) is 8.45. The van der Waals surface area contributed by atoms with Crippen molar-refractivity contribution in [1.82, 2.24) is 9.97 Å². The predicted molar refractivity (Wildman–Crippen MR) is 135 cm³/mol. The number of rotatable bonds is 9. The average Bonchev–Trinajstić information content (AvgIpc) is 3.44. The second-order valence-electron chi connectivity index (χ2n) is 8.45. The maximum absolute atomic E-state index is 10.1. The van der Waals surface area contributed by atoms with Gasteiger partial charge in [0.15, 0.2) is 0 Å². The van der Waals surface area contributed by atoms with E-state index in [-0.39, 0.29) is 0 Å². The lowest BCUT2D eigenvalue weighted by Gasteiger charge is -2.16. The molecule has 0 spiro atoms. The van der Waals surface area contributed by atoms with E-state index in [1.54, 1.807) is 13.3 Å². The van der Waals surface area contributed by atoms with E-state index in [9.17, 15) is 5.11 Å². The van der Waals surface area contributed by atoms with Gasteiger partial charge in [0.1, 0.15) is 11.5 Å². The van der Waals surface area contributed by atoms with Crippen LogP contribution in [0.25, 0.3) is 10.9 Å². The fourth-order valence-corrected chi connectivity index (χ4v) is 4.60. The summed E-state index contributed by atoms with van der Waals surface area (Å²) in [5.74, 6) is 1.66. The molecule has 0 radical (unpaired) electrons. The van der Waals surface area contributed by atoms with Crippen LogP contribution < -0.4 is 20.1 Å². The van der Waals surface area contributed by atoms with Gasteiger partial charge in [0.05, 0.1) is 31.2 Å². The first-order valence-electron chi connectivity index (χ1n) is 11.7. The molecule has 0 saturated carbocycles. The van der Waals surface area contributed by atoms with Crippen molar-refractivity contribution in [3.8, 4) is 11.5 Å². The second kappa shape index (κ2) is 9.65. The molecule has 0 aliphatic heterocycles. The van der Waals surface area contributed by atoms with Crippen molar-refractivity contribution in [2.45, 2.75) is 32.3 Å². The quantitative estimate of drug-likeness (QED) is 0.270. The topological polar surface area (TPSA) is 91.4 Å². The van der Waals surface area contributed by atoms with Gasteiger partial charge in [-0.2, -0.15) is 0 Å². The highest BCUT2D eigenvalue weighted by molar-refractivity contribution is 5.84. The fourth-order valence-electron chi connectivity index (χ4n) is 4.60. The fraction of sp³-hybridized carbons (Fsp3) is 0.296. The Hall–Kier alpha value is -3.71. The molecule has 4 aromatic rings. The Morgan fingerprint density at radius 1 is 1.15 bits per heavy atom. The number of anilines is 3. The number of methoxy groups -OCH3 is 1. The Morgan fingerprint density at radius 2 is 2.06 bits per heavy atom. The predicted octanol–water partition coefficient (Wildman–Crippen LogP) is 5.35. The number of hydrogen-bond donors (Lipinski definition) is 4. The third-order valence-electron chi connectivity index (χ3n) is 6.32. The number of H-pyrrole nitrogens is 1. The van der Waals surface area contributed by atoms with Gasteiger partial charge in [0, 0.05) is 53.3 Å². The number of aliphatic hydroxyl groups excluding tert-OH is 1. The zero-order valence-electron chi connectivity index (χ0n) is 19.5. The van der Waals surface area contributed by atoms with Gasteiger partial charge in [-0.25, -0.2) is 0 Å². The van der Waals surface area contributed by atoms with E-state index in [1.165, 1.54) is 10.9 Å². The molecule has 4 N–H and O–H groups in total. The van der Waals surface area contributed by atoms with Gasteiger partial charge in [0.2, 0.25) is 0 Å². The molecule has 34 heavy (non-hydrogen) atoms. The number of aromatic amines is 1. The average molecular weight is 459 g/mol. The summed E-state index contributed by atoms with van der Waals surface area (Å²) in [5, 5.41) is 18.4. The van der Waals surface area contributed by atoms with Crippen molar-refractivity contribution in [2.75, 3.05) is 30.9 Å². The highest BCUT2D eigenvalue weighted by Crippen LogP contribution is 2.36. The van der Waals surface area contributed by atoms with Crippen LogP contribution in [0.1, 0.15) is 36.3 Å². The first-order chi connectivity index (χ1) is 16.7. The lowest BCUT2D eigenvalue weighted by Crippen LogP contribution is -2.07. The monoisotopic (exact) mass is 458 g/mol. The molecule has 2 heterocycles. The lowest BCUT2D eigenvalue weighted by molar-refractivity contribution is 0.176. The molecule has 2 aromatic carbocycles. The summed E-state index contributed by atoms with van der Waals surface area (Å²) in [6.07, 6.45) is 5.76. The van der Waals surface area contributed by atoms with Crippen LogP contribution in [-0.2, 0) is 12.8 Å². The number of fused-ring (bicyclic) bond motifs is 2. The van der Waals surface area contributed by atoms with Gasteiger partial charge < -0.3 is 30.2 Å². The number of benzene rings is 2. The summed E-state index contributed by atoms with van der Waals surface area (Å²) in [4.78, 5) is 7.69. The molecule has 5 rings (SSSR count). The minimum Gasteiger partial charge on any atom is -0.497 e. The van der Waals surface area contributed by atoms with Gasteiger partial charge >= 0.3 is 0 Å². The number of nitrogens with zero attached hydrogens (tertiary/aromatic N) is 1.